The first-order valence-corrected chi connectivity index (χ1v) is 5.19. The molecule has 1 aliphatic rings. The van der Waals surface area contributed by atoms with Gasteiger partial charge in [0, 0.05) is 13.1 Å². The van der Waals surface area contributed by atoms with Crippen LogP contribution in [0.1, 0.15) is 27.2 Å². The fourth-order valence-electron chi connectivity index (χ4n) is 1.72. The fraction of sp³-hybridized carbons (Fsp3) is 0.800. The van der Waals surface area contributed by atoms with Crippen LogP contribution >= 0.6 is 0 Å². The normalized spacial score (nSPS) is 22.5. The van der Waals surface area contributed by atoms with Crippen molar-refractivity contribution < 1.29 is 14.7 Å². The van der Waals surface area contributed by atoms with Gasteiger partial charge in [0.2, 0.25) is 5.91 Å². The number of hydrogen-bond acceptors (Lipinski definition) is 3. The molecule has 2 N–H and O–H groups in total. The van der Waals surface area contributed by atoms with E-state index in [0.29, 0.717) is 19.5 Å². The Bertz CT molecular complexity index is 270. The van der Waals surface area contributed by atoms with E-state index in [1.807, 2.05) is 6.92 Å². The first-order valence-electron chi connectivity index (χ1n) is 5.19. The Morgan fingerprint density at radius 1 is 1.67 bits per heavy atom. The predicted octanol–water partition coefficient (Wildman–Crippen LogP) is -0.506. The molecule has 0 aliphatic carbocycles. The summed E-state index contributed by atoms with van der Waals surface area (Å²) in [5.74, 6) is -0.523. The zero-order valence-corrected chi connectivity index (χ0v) is 9.41. The quantitative estimate of drug-likeness (QED) is 0.650. The summed E-state index contributed by atoms with van der Waals surface area (Å²) in [7, 11) is 0. The maximum atomic E-state index is 11.8. The number of carbonyl (C=O) groups is 2. The Labute approximate surface area is 89.4 Å². The molecule has 1 rings (SSSR count). The second kappa shape index (κ2) is 4.18. The van der Waals surface area contributed by atoms with Crippen LogP contribution in [0.15, 0.2) is 0 Å². The van der Waals surface area contributed by atoms with Crippen LogP contribution in [0.3, 0.4) is 0 Å². The molecular formula is C10H18N2O3. The van der Waals surface area contributed by atoms with Crippen molar-refractivity contribution in [1.82, 2.24) is 10.2 Å². The van der Waals surface area contributed by atoms with Gasteiger partial charge in [-0.15, -0.1) is 0 Å². The fourth-order valence-corrected chi connectivity index (χ4v) is 1.72. The van der Waals surface area contributed by atoms with Crippen molar-refractivity contribution >= 4 is 11.8 Å². The van der Waals surface area contributed by atoms with Crippen molar-refractivity contribution in [3.05, 3.63) is 0 Å². The van der Waals surface area contributed by atoms with E-state index in [2.05, 4.69) is 5.32 Å². The minimum atomic E-state index is -1.41. The van der Waals surface area contributed by atoms with E-state index < -0.39 is 11.6 Å². The first kappa shape index (κ1) is 12.0. The maximum absolute atomic E-state index is 11.8. The Kier molecular flexibility index (Phi) is 3.34. The summed E-state index contributed by atoms with van der Waals surface area (Å²) >= 11 is 0. The second-order valence-electron chi connectivity index (χ2n) is 4.27. The van der Waals surface area contributed by atoms with Crippen LogP contribution in [0.2, 0.25) is 0 Å². The van der Waals surface area contributed by atoms with Gasteiger partial charge in [0.15, 0.2) is 0 Å². The molecule has 0 spiro atoms. The van der Waals surface area contributed by atoms with Gasteiger partial charge in [-0.2, -0.15) is 0 Å². The van der Waals surface area contributed by atoms with E-state index in [0.717, 1.165) is 0 Å². The lowest BCUT2D eigenvalue weighted by Gasteiger charge is -2.37. The SMILES string of the molecule is CCC1C(=O)NCCN1C(=O)C(C)(C)O. The van der Waals surface area contributed by atoms with Gasteiger partial charge < -0.3 is 15.3 Å². The molecule has 1 saturated heterocycles. The summed E-state index contributed by atoms with van der Waals surface area (Å²) < 4.78 is 0. The Hall–Kier alpha value is -1.10. The highest BCUT2D eigenvalue weighted by molar-refractivity contribution is 5.91. The molecule has 0 bridgehead atoms. The van der Waals surface area contributed by atoms with Crippen molar-refractivity contribution in [1.29, 1.82) is 0 Å². The largest absolute Gasteiger partial charge is 0.381 e. The van der Waals surface area contributed by atoms with Gasteiger partial charge in [-0.05, 0) is 20.3 Å². The maximum Gasteiger partial charge on any atom is 0.254 e. The molecular weight excluding hydrogens is 196 g/mol. The Morgan fingerprint density at radius 2 is 2.27 bits per heavy atom. The van der Waals surface area contributed by atoms with Gasteiger partial charge in [-0.1, -0.05) is 6.92 Å². The average Bonchev–Trinajstić information content (AvgIpc) is 2.14. The van der Waals surface area contributed by atoms with E-state index >= 15 is 0 Å². The molecule has 1 heterocycles. The molecule has 1 unspecified atom stereocenters. The molecule has 15 heavy (non-hydrogen) atoms. The molecule has 0 radical (unpaired) electrons. The summed E-state index contributed by atoms with van der Waals surface area (Å²) in [5, 5.41) is 12.3. The van der Waals surface area contributed by atoms with Crippen molar-refractivity contribution in [2.24, 2.45) is 0 Å². The molecule has 0 aromatic carbocycles. The number of rotatable bonds is 2. The van der Waals surface area contributed by atoms with Crippen molar-refractivity contribution in [3.63, 3.8) is 0 Å². The highest BCUT2D eigenvalue weighted by Crippen LogP contribution is 2.15. The van der Waals surface area contributed by atoms with E-state index in [4.69, 9.17) is 0 Å². The van der Waals surface area contributed by atoms with Gasteiger partial charge >= 0.3 is 0 Å². The van der Waals surface area contributed by atoms with E-state index in [9.17, 15) is 14.7 Å². The standard InChI is InChI=1S/C10H18N2O3/c1-4-7-8(13)11-5-6-12(7)9(14)10(2,3)15/h7,15H,4-6H2,1-3H3,(H,11,13). The highest BCUT2D eigenvalue weighted by Gasteiger charge is 2.37. The summed E-state index contributed by atoms with van der Waals surface area (Å²) in [6, 6.07) is -0.447. The van der Waals surface area contributed by atoms with E-state index in [1.165, 1.54) is 18.7 Å². The smallest absolute Gasteiger partial charge is 0.254 e. The van der Waals surface area contributed by atoms with Gasteiger partial charge in [0.1, 0.15) is 11.6 Å². The predicted molar refractivity (Wildman–Crippen MR) is 55.1 cm³/mol. The van der Waals surface area contributed by atoms with Crippen molar-refractivity contribution in [2.45, 2.75) is 38.8 Å². The van der Waals surface area contributed by atoms with Crippen molar-refractivity contribution in [3.8, 4) is 0 Å². The Balaban J connectivity index is 2.83. The number of hydrogen-bond donors (Lipinski definition) is 2. The number of aliphatic hydroxyl groups is 1. The molecule has 2 amide bonds. The number of nitrogens with one attached hydrogen (secondary N) is 1. The average molecular weight is 214 g/mol. The molecule has 1 aliphatic heterocycles. The lowest BCUT2D eigenvalue weighted by atomic mass is 10.0. The lowest BCUT2D eigenvalue weighted by molar-refractivity contribution is -0.155. The summed E-state index contributed by atoms with van der Waals surface area (Å²) in [4.78, 5) is 24.8. The molecule has 0 aromatic rings. The molecule has 0 saturated carbocycles. The molecule has 0 aromatic heterocycles. The monoisotopic (exact) mass is 214 g/mol. The third-order valence-electron chi connectivity index (χ3n) is 2.50. The number of piperazine rings is 1. The first-order chi connectivity index (χ1) is 6.88. The van der Waals surface area contributed by atoms with Gasteiger partial charge in [-0.3, -0.25) is 9.59 Å². The van der Waals surface area contributed by atoms with Crippen LogP contribution in [0, 0.1) is 0 Å². The Morgan fingerprint density at radius 3 is 2.73 bits per heavy atom. The van der Waals surface area contributed by atoms with Gasteiger partial charge in [0.25, 0.3) is 5.91 Å². The molecule has 5 heteroatoms. The zero-order chi connectivity index (χ0) is 11.6. The number of amides is 2. The minimum absolute atomic E-state index is 0.138. The van der Waals surface area contributed by atoms with Crippen molar-refractivity contribution in [2.75, 3.05) is 13.1 Å². The molecule has 86 valence electrons. The number of nitrogens with zero attached hydrogens (tertiary/aromatic N) is 1. The topological polar surface area (TPSA) is 69.6 Å². The van der Waals surface area contributed by atoms with E-state index in [-0.39, 0.29) is 11.8 Å². The summed E-state index contributed by atoms with van der Waals surface area (Å²) in [6.45, 7) is 5.65. The van der Waals surface area contributed by atoms with E-state index in [1.54, 1.807) is 0 Å². The minimum Gasteiger partial charge on any atom is -0.381 e. The summed E-state index contributed by atoms with van der Waals surface area (Å²) in [5.41, 5.74) is -1.41. The third kappa shape index (κ3) is 2.47. The zero-order valence-electron chi connectivity index (χ0n) is 9.41. The molecule has 1 atom stereocenters. The van der Waals surface area contributed by atoms with Crippen LogP contribution in [-0.2, 0) is 9.59 Å². The second-order valence-corrected chi connectivity index (χ2v) is 4.27. The van der Waals surface area contributed by atoms with Gasteiger partial charge in [0.05, 0.1) is 0 Å². The summed E-state index contributed by atoms with van der Waals surface area (Å²) in [6.07, 6.45) is 0.563. The molecule has 5 nitrogen and oxygen atoms in total. The lowest BCUT2D eigenvalue weighted by Crippen LogP contribution is -2.60. The highest BCUT2D eigenvalue weighted by atomic mass is 16.3. The third-order valence-corrected chi connectivity index (χ3v) is 2.50. The van der Waals surface area contributed by atoms with Crippen LogP contribution < -0.4 is 5.32 Å². The van der Waals surface area contributed by atoms with Crippen LogP contribution in [0.4, 0.5) is 0 Å². The van der Waals surface area contributed by atoms with Crippen LogP contribution in [0.25, 0.3) is 0 Å². The molecule has 1 fully saturated rings. The number of carbonyl (C=O) groups excluding carboxylic acids is 2. The van der Waals surface area contributed by atoms with Crippen LogP contribution in [0.5, 0.6) is 0 Å². The van der Waals surface area contributed by atoms with Gasteiger partial charge in [-0.25, -0.2) is 0 Å². The van der Waals surface area contributed by atoms with Crippen LogP contribution in [-0.4, -0.2) is 46.6 Å².